The van der Waals surface area contributed by atoms with E-state index >= 15 is 0 Å². The van der Waals surface area contributed by atoms with E-state index in [1.165, 1.54) is 0 Å². The molecule has 0 bridgehead atoms. The van der Waals surface area contributed by atoms with Crippen LogP contribution in [0.25, 0.3) is 0 Å². The lowest BCUT2D eigenvalue weighted by molar-refractivity contribution is -0.140. The van der Waals surface area contributed by atoms with Crippen LogP contribution in [-0.2, 0) is 9.59 Å². The van der Waals surface area contributed by atoms with Gasteiger partial charge in [-0.05, 0) is 24.3 Å². The van der Waals surface area contributed by atoms with Gasteiger partial charge in [0.15, 0.2) is 0 Å². The molecule has 0 fully saturated rings. The highest BCUT2D eigenvalue weighted by Gasteiger charge is 2.13. The van der Waals surface area contributed by atoms with Gasteiger partial charge in [0.05, 0.1) is 0 Å². The second-order valence-corrected chi connectivity index (χ2v) is 3.89. The molecule has 0 aliphatic carbocycles. The molecule has 0 spiro atoms. The molecule has 6 heteroatoms. The molecular weight excluding hydrogens is 236 g/mol. The van der Waals surface area contributed by atoms with Crippen LogP contribution in [0.1, 0.15) is 16.8 Å². The molecule has 1 aromatic carbocycles. The van der Waals surface area contributed by atoms with Crippen LogP contribution >= 0.6 is 0 Å². The molecule has 0 aliphatic rings. The maximum absolute atomic E-state index is 11.6. The molecule has 0 radical (unpaired) electrons. The Balaban J connectivity index is 2.67. The van der Waals surface area contributed by atoms with E-state index in [1.54, 1.807) is 24.3 Å². The van der Waals surface area contributed by atoms with Crippen LogP contribution in [-0.4, -0.2) is 37.0 Å². The Hall–Kier alpha value is -2.37. The summed E-state index contributed by atoms with van der Waals surface area (Å²) in [7, 11) is 3.73. The highest BCUT2D eigenvalue weighted by molar-refractivity contribution is 6.08. The van der Waals surface area contributed by atoms with Crippen LogP contribution in [0, 0.1) is 0 Å². The van der Waals surface area contributed by atoms with Crippen molar-refractivity contribution in [2.45, 2.75) is 6.42 Å². The van der Waals surface area contributed by atoms with Crippen LogP contribution in [0.3, 0.4) is 0 Å². The molecule has 0 saturated heterocycles. The maximum Gasteiger partial charge on any atom is 0.312 e. The molecule has 1 aromatic rings. The van der Waals surface area contributed by atoms with Crippen molar-refractivity contribution >= 4 is 23.5 Å². The zero-order chi connectivity index (χ0) is 13.7. The van der Waals surface area contributed by atoms with Crippen molar-refractivity contribution in [3.63, 3.8) is 0 Å². The molecule has 0 atom stereocenters. The number of carbonyl (C=O) groups is 3. The van der Waals surface area contributed by atoms with Crippen molar-refractivity contribution in [3.8, 4) is 0 Å². The fraction of sp³-hybridized carbons (Fsp3) is 0.250. The molecule has 6 nitrogen and oxygen atoms in total. The molecule has 2 amide bonds. The molecule has 0 unspecified atom stereocenters. The Morgan fingerprint density at radius 3 is 2.17 bits per heavy atom. The van der Waals surface area contributed by atoms with Crippen molar-refractivity contribution < 1.29 is 19.5 Å². The zero-order valence-electron chi connectivity index (χ0n) is 10.1. The number of hydrogen-bond acceptors (Lipinski definition) is 4. The number of nitrogens with zero attached hydrogens (tertiary/aromatic N) is 1. The van der Waals surface area contributed by atoms with Gasteiger partial charge in [0.25, 0.3) is 5.91 Å². The molecule has 96 valence electrons. The van der Waals surface area contributed by atoms with Gasteiger partial charge in [-0.15, -0.1) is 0 Å². The summed E-state index contributed by atoms with van der Waals surface area (Å²) in [4.78, 5) is 34.8. The molecule has 2 N–H and O–H groups in total. The molecule has 0 heterocycles. The summed E-state index contributed by atoms with van der Waals surface area (Å²) in [5.74, 6) is -2.71. The molecule has 1 rings (SSSR count). The number of carboxylic acid groups (broad SMARTS) is 1. The lowest BCUT2D eigenvalue weighted by Crippen LogP contribution is -2.31. The van der Waals surface area contributed by atoms with Gasteiger partial charge in [-0.1, -0.05) is 0 Å². The second-order valence-electron chi connectivity index (χ2n) is 3.89. The normalized spacial score (nSPS) is 9.67. The fourth-order valence-corrected chi connectivity index (χ4v) is 1.29. The molecule has 18 heavy (non-hydrogen) atoms. The number of nitrogens with one attached hydrogen (secondary N) is 1. The van der Waals surface area contributed by atoms with Crippen LogP contribution in [0.5, 0.6) is 0 Å². The van der Waals surface area contributed by atoms with Gasteiger partial charge in [0.1, 0.15) is 6.42 Å². The minimum Gasteiger partial charge on any atom is -0.481 e. The van der Waals surface area contributed by atoms with E-state index in [0.717, 1.165) is 5.69 Å². The summed E-state index contributed by atoms with van der Waals surface area (Å²) in [6.45, 7) is 0. The first kappa shape index (κ1) is 13.7. The monoisotopic (exact) mass is 250 g/mol. The first-order valence-electron chi connectivity index (χ1n) is 5.23. The standard InChI is InChI=1S/C12H14N2O4/c1-14(2)9-5-3-8(4-6-9)12(18)13-10(15)7-11(16)17/h3-6H,7H2,1-2H3,(H,16,17)(H,13,15,18). The van der Waals surface area contributed by atoms with Crippen molar-refractivity contribution in [1.29, 1.82) is 0 Å². The molecule has 0 saturated carbocycles. The summed E-state index contributed by atoms with van der Waals surface area (Å²) in [6.07, 6.45) is -0.721. The number of amides is 2. The van der Waals surface area contributed by atoms with E-state index in [9.17, 15) is 14.4 Å². The summed E-state index contributed by atoms with van der Waals surface area (Å²) >= 11 is 0. The second kappa shape index (κ2) is 5.81. The highest BCUT2D eigenvalue weighted by atomic mass is 16.4. The Labute approximate surface area is 104 Å². The van der Waals surface area contributed by atoms with E-state index in [0.29, 0.717) is 5.56 Å². The minimum absolute atomic E-state index is 0.305. The van der Waals surface area contributed by atoms with Gasteiger partial charge in [-0.3, -0.25) is 19.7 Å². The van der Waals surface area contributed by atoms with Crippen molar-refractivity contribution in [2.75, 3.05) is 19.0 Å². The minimum atomic E-state index is -1.27. The zero-order valence-corrected chi connectivity index (χ0v) is 10.1. The Kier molecular flexibility index (Phi) is 4.42. The third-order valence-corrected chi connectivity index (χ3v) is 2.21. The van der Waals surface area contributed by atoms with Gasteiger partial charge < -0.3 is 10.0 Å². The number of imide groups is 1. The average molecular weight is 250 g/mol. The van der Waals surface area contributed by atoms with E-state index in [-0.39, 0.29) is 0 Å². The lowest BCUT2D eigenvalue weighted by Gasteiger charge is -2.12. The molecule has 0 aromatic heterocycles. The van der Waals surface area contributed by atoms with E-state index in [4.69, 9.17) is 5.11 Å². The fourth-order valence-electron chi connectivity index (χ4n) is 1.29. The Morgan fingerprint density at radius 1 is 1.17 bits per heavy atom. The third-order valence-electron chi connectivity index (χ3n) is 2.21. The number of carbonyl (C=O) groups excluding carboxylic acids is 2. The maximum atomic E-state index is 11.6. The van der Waals surface area contributed by atoms with Crippen molar-refractivity contribution in [3.05, 3.63) is 29.8 Å². The van der Waals surface area contributed by atoms with Gasteiger partial charge in [0, 0.05) is 25.3 Å². The molecular formula is C12H14N2O4. The number of aliphatic carboxylic acids is 1. The van der Waals surface area contributed by atoms with E-state index < -0.39 is 24.2 Å². The topological polar surface area (TPSA) is 86.7 Å². The lowest BCUT2D eigenvalue weighted by atomic mass is 10.2. The summed E-state index contributed by atoms with van der Waals surface area (Å²) in [5, 5.41) is 10.4. The number of rotatable bonds is 4. The number of benzene rings is 1. The third kappa shape index (κ3) is 3.89. The van der Waals surface area contributed by atoms with Gasteiger partial charge in [-0.2, -0.15) is 0 Å². The average Bonchev–Trinajstić information content (AvgIpc) is 2.27. The highest BCUT2D eigenvalue weighted by Crippen LogP contribution is 2.11. The number of anilines is 1. The predicted molar refractivity (Wildman–Crippen MR) is 65.5 cm³/mol. The first-order valence-corrected chi connectivity index (χ1v) is 5.23. The van der Waals surface area contributed by atoms with E-state index in [1.807, 2.05) is 24.3 Å². The predicted octanol–water partition coefficient (Wildman–Crippen LogP) is 0.484. The summed E-state index contributed by atoms with van der Waals surface area (Å²) in [6, 6.07) is 6.60. The smallest absolute Gasteiger partial charge is 0.312 e. The number of carboxylic acids is 1. The van der Waals surface area contributed by atoms with Gasteiger partial charge in [0.2, 0.25) is 5.91 Å². The SMILES string of the molecule is CN(C)c1ccc(C(=O)NC(=O)CC(=O)O)cc1. The first-order chi connectivity index (χ1) is 8.40. The quantitative estimate of drug-likeness (QED) is 0.759. The van der Waals surface area contributed by atoms with Crippen molar-refractivity contribution in [1.82, 2.24) is 5.32 Å². The summed E-state index contributed by atoms with van der Waals surface area (Å²) < 4.78 is 0. The summed E-state index contributed by atoms with van der Waals surface area (Å²) in [5.41, 5.74) is 1.22. The largest absolute Gasteiger partial charge is 0.481 e. The van der Waals surface area contributed by atoms with Crippen molar-refractivity contribution in [2.24, 2.45) is 0 Å². The van der Waals surface area contributed by atoms with Crippen LogP contribution in [0.4, 0.5) is 5.69 Å². The number of hydrogen-bond donors (Lipinski definition) is 2. The Morgan fingerprint density at radius 2 is 1.72 bits per heavy atom. The van der Waals surface area contributed by atoms with Gasteiger partial charge >= 0.3 is 5.97 Å². The van der Waals surface area contributed by atoms with E-state index in [2.05, 4.69) is 0 Å². The van der Waals surface area contributed by atoms with Crippen LogP contribution < -0.4 is 10.2 Å². The van der Waals surface area contributed by atoms with Gasteiger partial charge in [-0.25, -0.2) is 0 Å². The Bertz CT molecular complexity index is 465. The van der Waals surface area contributed by atoms with Crippen LogP contribution in [0.15, 0.2) is 24.3 Å². The molecule has 0 aliphatic heterocycles. The van der Waals surface area contributed by atoms with Crippen LogP contribution in [0.2, 0.25) is 0 Å².